The van der Waals surface area contributed by atoms with E-state index in [1.54, 1.807) is 13.2 Å². The third-order valence-electron chi connectivity index (χ3n) is 5.68. The van der Waals surface area contributed by atoms with E-state index in [9.17, 15) is 9.90 Å². The van der Waals surface area contributed by atoms with Crippen LogP contribution in [-0.2, 0) is 4.79 Å². The summed E-state index contributed by atoms with van der Waals surface area (Å²) in [4.78, 5) is 18.2. The second kappa shape index (κ2) is 10.3. The molecule has 4 rings (SSSR count). The molecule has 34 heavy (non-hydrogen) atoms. The fourth-order valence-corrected chi connectivity index (χ4v) is 3.94. The van der Waals surface area contributed by atoms with Crippen LogP contribution in [0.2, 0.25) is 0 Å². The van der Waals surface area contributed by atoms with E-state index in [4.69, 9.17) is 14.1 Å². The van der Waals surface area contributed by atoms with Gasteiger partial charge in [-0.05, 0) is 49.2 Å². The van der Waals surface area contributed by atoms with Gasteiger partial charge in [-0.2, -0.15) is 0 Å². The van der Waals surface area contributed by atoms with Crippen molar-refractivity contribution in [3.63, 3.8) is 0 Å². The van der Waals surface area contributed by atoms with Crippen LogP contribution < -0.4 is 10.1 Å². The number of aromatic hydroxyl groups is 1. The summed E-state index contributed by atoms with van der Waals surface area (Å²) in [6.07, 6.45) is 1.36. The van der Waals surface area contributed by atoms with E-state index in [1.807, 2.05) is 80.6 Å². The van der Waals surface area contributed by atoms with Crippen LogP contribution in [0.4, 0.5) is 5.88 Å². The third kappa shape index (κ3) is 4.96. The number of rotatable bonds is 8. The first-order valence-electron chi connectivity index (χ1n) is 11.3. The Labute approximate surface area is 199 Å². The van der Waals surface area contributed by atoms with E-state index in [0.29, 0.717) is 29.3 Å². The molecule has 0 bridgehead atoms. The molecular weight excluding hydrogens is 428 g/mol. The predicted octanol–water partition coefficient (Wildman–Crippen LogP) is 6.55. The number of nitrogens with one attached hydrogen (secondary N) is 1. The van der Waals surface area contributed by atoms with E-state index < -0.39 is 5.92 Å². The fourth-order valence-electron chi connectivity index (χ4n) is 3.94. The van der Waals surface area contributed by atoms with Gasteiger partial charge in [-0.15, -0.1) is 0 Å². The summed E-state index contributed by atoms with van der Waals surface area (Å²) in [5.41, 5.74) is 3.59. The number of anilines is 1. The molecule has 6 heteroatoms. The molecule has 1 amide bonds. The van der Waals surface area contributed by atoms with Gasteiger partial charge >= 0.3 is 0 Å². The molecule has 6 nitrogen and oxygen atoms in total. The number of oxazole rings is 1. The van der Waals surface area contributed by atoms with Gasteiger partial charge in [0.2, 0.25) is 17.7 Å². The SMILES string of the molecule is CCCC(C(=O)Nc1oc(-c2ccccc2)nc1-c1cccc(OC)c1)c1ccc(C)cc1O. The summed E-state index contributed by atoms with van der Waals surface area (Å²) < 4.78 is 11.4. The van der Waals surface area contributed by atoms with Crippen LogP contribution in [0.15, 0.2) is 77.2 Å². The van der Waals surface area contributed by atoms with E-state index in [2.05, 4.69) is 5.32 Å². The minimum Gasteiger partial charge on any atom is -0.508 e. The first kappa shape index (κ1) is 23.1. The summed E-state index contributed by atoms with van der Waals surface area (Å²) in [5, 5.41) is 13.5. The van der Waals surface area contributed by atoms with Gasteiger partial charge in [0.25, 0.3) is 0 Å². The van der Waals surface area contributed by atoms with Crippen LogP contribution in [0.25, 0.3) is 22.7 Å². The van der Waals surface area contributed by atoms with Gasteiger partial charge in [0, 0.05) is 16.7 Å². The van der Waals surface area contributed by atoms with E-state index in [1.165, 1.54) is 0 Å². The zero-order chi connectivity index (χ0) is 24.1. The molecule has 4 aromatic rings. The Hall–Kier alpha value is -4.06. The maximum atomic E-state index is 13.5. The highest BCUT2D eigenvalue weighted by molar-refractivity contribution is 5.98. The van der Waals surface area contributed by atoms with Crippen LogP contribution in [0.3, 0.4) is 0 Å². The lowest BCUT2D eigenvalue weighted by Crippen LogP contribution is -2.21. The Morgan fingerprint density at radius 2 is 1.82 bits per heavy atom. The van der Waals surface area contributed by atoms with Gasteiger partial charge in [-0.1, -0.05) is 55.8 Å². The third-order valence-corrected chi connectivity index (χ3v) is 5.68. The fraction of sp³-hybridized carbons (Fsp3) is 0.214. The number of benzene rings is 3. The highest BCUT2D eigenvalue weighted by Crippen LogP contribution is 2.36. The molecule has 1 atom stereocenters. The summed E-state index contributed by atoms with van der Waals surface area (Å²) in [6.45, 7) is 3.91. The number of methoxy groups -OCH3 is 1. The number of aromatic nitrogens is 1. The van der Waals surface area contributed by atoms with Crippen molar-refractivity contribution < 1.29 is 19.1 Å². The molecule has 0 spiro atoms. The monoisotopic (exact) mass is 456 g/mol. The number of carbonyl (C=O) groups is 1. The lowest BCUT2D eigenvalue weighted by Gasteiger charge is -2.17. The second-order valence-electron chi connectivity index (χ2n) is 8.19. The second-order valence-corrected chi connectivity index (χ2v) is 8.19. The molecule has 1 aromatic heterocycles. The minimum atomic E-state index is -0.533. The molecule has 1 unspecified atom stereocenters. The summed E-state index contributed by atoms with van der Waals surface area (Å²) in [6, 6.07) is 22.3. The van der Waals surface area contributed by atoms with Crippen LogP contribution in [0.5, 0.6) is 11.5 Å². The van der Waals surface area contributed by atoms with Gasteiger partial charge in [-0.25, -0.2) is 4.98 Å². The quantitative estimate of drug-likeness (QED) is 0.314. The topological polar surface area (TPSA) is 84.6 Å². The number of carbonyl (C=O) groups excluding carboxylic acids is 1. The van der Waals surface area contributed by atoms with E-state index in [0.717, 1.165) is 23.1 Å². The van der Waals surface area contributed by atoms with Crippen molar-refractivity contribution in [1.29, 1.82) is 0 Å². The summed E-state index contributed by atoms with van der Waals surface area (Å²) >= 11 is 0. The van der Waals surface area contributed by atoms with Crippen LogP contribution in [0, 0.1) is 6.92 Å². The molecular formula is C28H28N2O4. The van der Waals surface area contributed by atoms with Crippen molar-refractivity contribution in [2.24, 2.45) is 0 Å². The summed E-state index contributed by atoms with van der Waals surface area (Å²) in [5.74, 6) is 0.648. The van der Waals surface area contributed by atoms with Gasteiger partial charge in [0.15, 0.2) is 0 Å². The maximum absolute atomic E-state index is 13.5. The number of phenols is 1. The van der Waals surface area contributed by atoms with Crippen molar-refractivity contribution in [2.45, 2.75) is 32.6 Å². The minimum absolute atomic E-state index is 0.115. The lowest BCUT2D eigenvalue weighted by atomic mass is 9.92. The molecule has 174 valence electrons. The van der Waals surface area contributed by atoms with Crippen molar-refractivity contribution in [3.8, 4) is 34.2 Å². The van der Waals surface area contributed by atoms with Gasteiger partial charge < -0.3 is 14.3 Å². The highest BCUT2D eigenvalue weighted by atomic mass is 16.5. The van der Waals surface area contributed by atoms with Gasteiger partial charge in [0.05, 0.1) is 13.0 Å². The predicted molar refractivity (Wildman–Crippen MR) is 133 cm³/mol. The first-order valence-corrected chi connectivity index (χ1v) is 11.3. The number of ether oxygens (including phenoxy) is 1. The Balaban J connectivity index is 1.74. The number of phenolic OH excluding ortho intramolecular Hbond substituents is 1. The molecule has 0 saturated carbocycles. The number of aryl methyl sites for hydroxylation is 1. The van der Waals surface area contributed by atoms with Crippen molar-refractivity contribution in [2.75, 3.05) is 12.4 Å². The van der Waals surface area contributed by atoms with E-state index in [-0.39, 0.29) is 17.5 Å². The van der Waals surface area contributed by atoms with Crippen LogP contribution in [-0.4, -0.2) is 23.1 Å². The molecule has 0 aliphatic heterocycles. The van der Waals surface area contributed by atoms with Crippen LogP contribution in [0.1, 0.15) is 36.8 Å². The molecule has 0 aliphatic carbocycles. The number of amides is 1. The van der Waals surface area contributed by atoms with E-state index >= 15 is 0 Å². The Morgan fingerprint density at radius 3 is 2.53 bits per heavy atom. The normalized spacial score (nSPS) is 11.7. The number of hydrogen-bond acceptors (Lipinski definition) is 5. The largest absolute Gasteiger partial charge is 0.508 e. The maximum Gasteiger partial charge on any atom is 0.234 e. The highest BCUT2D eigenvalue weighted by Gasteiger charge is 2.26. The molecule has 1 heterocycles. The van der Waals surface area contributed by atoms with Gasteiger partial charge in [0.1, 0.15) is 17.2 Å². The summed E-state index contributed by atoms with van der Waals surface area (Å²) in [7, 11) is 1.60. The Kier molecular flexibility index (Phi) is 6.97. The number of hydrogen-bond donors (Lipinski definition) is 2. The molecule has 3 aromatic carbocycles. The average Bonchev–Trinajstić information content (AvgIpc) is 3.27. The van der Waals surface area contributed by atoms with Crippen molar-refractivity contribution >= 4 is 11.8 Å². The number of nitrogens with zero attached hydrogens (tertiary/aromatic N) is 1. The molecule has 0 fully saturated rings. The lowest BCUT2D eigenvalue weighted by molar-refractivity contribution is -0.117. The molecule has 2 N–H and O–H groups in total. The standard InChI is InChI=1S/C28H28N2O4/c1-4-9-23(22-15-14-18(2)16-24(22)31)26(32)30-28-25(20-12-8-13-21(17-20)33-3)29-27(34-28)19-10-6-5-7-11-19/h5-8,10-17,23,31H,4,9H2,1-3H3,(H,30,32). The Bertz CT molecular complexity index is 1280. The van der Waals surface area contributed by atoms with Crippen LogP contribution >= 0.6 is 0 Å². The zero-order valence-electron chi connectivity index (χ0n) is 19.5. The molecule has 0 radical (unpaired) electrons. The molecule has 0 aliphatic rings. The van der Waals surface area contributed by atoms with Crippen molar-refractivity contribution in [3.05, 3.63) is 83.9 Å². The average molecular weight is 457 g/mol. The zero-order valence-corrected chi connectivity index (χ0v) is 19.5. The van der Waals surface area contributed by atoms with Gasteiger partial charge in [-0.3, -0.25) is 10.1 Å². The smallest absolute Gasteiger partial charge is 0.234 e. The Morgan fingerprint density at radius 1 is 1.06 bits per heavy atom. The van der Waals surface area contributed by atoms with Crippen molar-refractivity contribution in [1.82, 2.24) is 4.98 Å². The molecule has 0 saturated heterocycles. The first-order chi connectivity index (χ1) is 16.5.